The van der Waals surface area contributed by atoms with Crippen molar-refractivity contribution in [1.29, 1.82) is 0 Å². The predicted octanol–water partition coefficient (Wildman–Crippen LogP) is 29.9. The fourth-order valence-corrected chi connectivity index (χ4v) is 63.8. The molecule has 8 fully saturated rings. The van der Waals surface area contributed by atoms with Crippen LogP contribution in [0.5, 0.6) is 0 Å². The van der Waals surface area contributed by atoms with Crippen molar-refractivity contribution in [3.05, 3.63) is 192 Å². The Balaban J connectivity index is 0.000000239. The van der Waals surface area contributed by atoms with Gasteiger partial charge in [-0.3, -0.25) is 4.79 Å². The van der Waals surface area contributed by atoms with E-state index in [1.54, 1.807) is 42.5 Å². The third-order valence-corrected chi connectivity index (χ3v) is 71.2. The molecule has 0 aliphatic carbocycles. The maximum atomic E-state index is 11.8. The first kappa shape index (κ1) is 137. The van der Waals surface area contributed by atoms with Gasteiger partial charge in [0.2, 0.25) is 0 Å². The number of hydrogen-bond donors (Lipinski definition) is 9. The quantitative estimate of drug-likeness (QED) is 0.0100. The number of fused-ring (bicyclic) bond motifs is 2. The summed E-state index contributed by atoms with van der Waals surface area (Å²) in [4.78, 5) is 20.7. The Morgan fingerprint density at radius 2 is 0.693 bits per heavy atom. The van der Waals surface area contributed by atoms with Crippen LogP contribution >= 0.6 is 184 Å². The predicted molar refractivity (Wildman–Crippen MR) is 623 cm³/mol. The number of aliphatic hydroxyl groups is 8. The van der Waals surface area contributed by atoms with E-state index in [0.717, 1.165) is 52.0 Å². The van der Waals surface area contributed by atoms with E-state index in [4.69, 9.17) is 219 Å². The van der Waals surface area contributed by atoms with E-state index >= 15 is 0 Å². The monoisotopic (exact) mass is 2740 g/mol. The first-order valence-corrected chi connectivity index (χ1v) is 73.3. The largest absolute Gasteiger partial charge is 0.490 e. The van der Waals surface area contributed by atoms with E-state index in [1.807, 2.05) is 49.4 Å². The van der Waals surface area contributed by atoms with Crippen molar-refractivity contribution in [2.24, 2.45) is 0 Å². The van der Waals surface area contributed by atoms with Crippen LogP contribution in [0, 0.1) is 14.1 Å². The Morgan fingerprint density at radius 3 is 1.03 bits per heavy atom. The van der Waals surface area contributed by atoms with Crippen molar-refractivity contribution in [3.8, 4) is 0 Å². The summed E-state index contributed by atoms with van der Waals surface area (Å²) in [7, 11) is -10.3. The Morgan fingerprint density at radius 1 is 0.387 bits per heavy atom. The van der Waals surface area contributed by atoms with Crippen LogP contribution in [-0.2, 0) is 63.9 Å². The summed E-state index contributed by atoms with van der Waals surface area (Å²) in [6.45, 7) is 44.2. The van der Waals surface area contributed by atoms with E-state index in [2.05, 4.69) is 183 Å². The standard InChI is InChI=1S/C23H38Cl2O4Si2.C17H34O5Si2.C12H14Cl2O3.C11H11Cl2IO3.C11H12Cl2O3.C11H11Cl2O3.C6H3Cl2I.3C4H9.C2HF3O2.Sn/c1-14(2)30(15(3)4)26-13-23-22(28-31(29-30,16(5)6)17(7)8)12-21(27-23)19-10-9-18(24)11-20(19)25;1-11(2)23(12(3)4)19-10-16-15(9-17(18)20-16)21-24(22-23,13(5)6)14(7)8;1-6-2-7(9(14)3-8(6)13)11-4-10(16)12(5-15)17-11;12-6-2-7(13)8(14)1-5(6)10-3-9(16)11(4-15)17-10;2*12-6-1-2-7(8(13)3-6)10-4-9(15)11(5-14)16-10;7-4-1-2-6(9)5(8)3-4;3*1-3-4-2;3-2(4,5)1(6)7;/h9-11,14-17,21-23H,12-13H2,1-8H3;11-16H,9-10H2,1-8H3;2-3,10-12,15-16H,4-5H2,1H3;1-2,9-11,15-16H,3-4H2;1-3,9-11,14-15H,4-5H2;2-3,9-11,14-15H,4-5H2;1-3H;3*1,3-4H2,2H3;(H,6,7);/t21-,22-,23-;15-,16-;10-,11-,12-;3*9-,10-,11-;;;;;;/m111111....../s1. The molecule has 0 unspecified atom stereocenters. The average Bonchev–Trinajstić information content (AvgIpc) is 1.38. The van der Waals surface area contributed by atoms with Gasteiger partial charge >= 0.3 is 244 Å². The molecule has 8 heterocycles. The SMILES string of the molecule is CC(C)[Si]1(C(C)C)OC[C@H]2OC(=O)C[C@H]2O[Si](C(C)C)(C(C)C)O1.CC(C)[Si]1(C(C)C)OC[C@H]2O[C@@H](c3ccc(Cl)cc3Cl)C[C@H]2O[Si](C(C)C)(C(C)C)O1.CCC[CH2][Sn]([CH2]CCC)([CH2]CCC)[c]1cc([C@H]2C[C@@H](O)[C@@H](CO)O2)c(Cl)cc1Cl.Cc1cc([C@H]2C[C@@H](O)[C@@H](CO)O2)c(Cl)cc1Cl.Clc1ccc(I)c(Cl)c1.O=C(O)C(F)(F)F.OC[C@H]1O[C@@H](c2cc(I)c(Cl)cc2Cl)C[C@H]1O.OC[C@H]1O[C@@H](c2ccc(Cl)cc2Cl)C[C@H]1O. The van der Waals surface area contributed by atoms with Gasteiger partial charge in [-0.2, -0.15) is 13.2 Å². The Labute approximate surface area is 980 Å². The second kappa shape index (κ2) is 62.7. The molecule has 6 aromatic rings. The topological polar surface area (TPSA) is 327 Å². The third kappa shape index (κ3) is 36.5. The van der Waals surface area contributed by atoms with Gasteiger partial charge in [0.25, 0.3) is 0 Å². The molecule has 0 spiro atoms. The molecule has 6 aromatic carbocycles. The molecule has 0 radical (unpaired) electrons. The number of rotatable bonds is 27. The number of unbranched alkanes of at least 4 members (excludes halogenated alkanes) is 3. The van der Waals surface area contributed by atoms with Crippen LogP contribution in [0.25, 0.3) is 0 Å². The number of esters is 1. The van der Waals surface area contributed by atoms with Gasteiger partial charge in [-0.1, -0.05) is 245 Å². The zero-order valence-electron chi connectivity index (χ0n) is 88.6. The Hall–Kier alpha value is -0.104. The molecule has 45 heteroatoms. The van der Waals surface area contributed by atoms with Crippen molar-refractivity contribution in [3.63, 3.8) is 0 Å². The zero-order chi connectivity index (χ0) is 113. The number of aliphatic carboxylic acids is 1. The Bertz CT molecular complexity index is 5130. The van der Waals surface area contributed by atoms with Crippen LogP contribution in [0.2, 0.25) is 118 Å². The maximum absolute atomic E-state index is 11.8. The number of aryl methyl sites for hydroxylation is 1. The normalized spacial score (nSPS) is 25.7. The molecule has 14 rings (SSSR count). The average molecular weight is 2750 g/mol. The van der Waals surface area contributed by atoms with Crippen molar-refractivity contribution < 1.29 is 123 Å². The number of carbonyl (C=O) groups excluding carboxylic acids is 1. The van der Waals surface area contributed by atoms with Crippen molar-refractivity contribution in [2.45, 2.75) is 383 Å². The molecule has 17 atom stereocenters. The zero-order valence-corrected chi connectivity index (χ0v) is 109. The number of halogens is 17. The molecule has 848 valence electrons. The molecule has 23 nitrogen and oxygen atoms in total. The summed E-state index contributed by atoms with van der Waals surface area (Å²) in [6, 6.07) is 27.4. The number of ether oxygens (including phenoxy) is 6. The fourth-order valence-electron chi connectivity index (χ4n) is 20.0. The molecule has 8 aliphatic heterocycles. The first-order chi connectivity index (χ1) is 70.2. The number of carboxylic acid groups (broad SMARTS) is 1. The van der Waals surface area contributed by atoms with Gasteiger partial charge in [0.15, 0.2) is 0 Å². The minimum Gasteiger partial charge on any atom is -0.475 e. The van der Waals surface area contributed by atoms with Crippen LogP contribution in [0.15, 0.2) is 91.0 Å². The van der Waals surface area contributed by atoms with E-state index in [1.165, 1.54) is 55.4 Å². The van der Waals surface area contributed by atoms with Gasteiger partial charge in [-0.05, 0) is 179 Å². The van der Waals surface area contributed by atoms with Crippen LogP contribution in [0.4, 0.5) is 13.2 Å². The first-order valence-electron chi connectivity index (χ1n) is 51.3. The molecular formula is C105H151Cl12F3I2O23Si4Sn. The number of aliphatic hydroxyl groups excluding tert-OH is 8. The van der Waals surface area contributed by atoms with Gasteiger partial charge in [0.05, 0.1) is 104 Å². The van der Waals surface area contributed by atoms with Crippen LogP contribution in [0.3, 0.4) is 0 Å². The molecule has 9 N–H and O–H groups in total. The van der Waals surface area contributed by atoms with Crippen LogP contribution in [-0.4, -0.2) is 230 Å². The smallest absolute Gasteiger partial charge is 0.475 e. The molecule has 8 saturated heterocycles. The molecule has 0 bridgehead atoms. The fraction of sp³-hybridized carbons (Fsp3) is 0.638. The molecule has 150 heavy (non-hydrogen) atoms. The summed E-state index contributed by atoms with van der Waals surface area (Å²) >= 11 is 74.9. The van der Waals surface area contributed by atoms with Crippen LogP contribution < -0.4 is 3.58 Å². The second-order valence-corrected chi connectivity index (χ2v) is 79.7. The summed E-state index contributed by atoms with van der Waals surface area (Å²) in [5.74, 6) is -2.94. The van der Waals surface area contributed by atoms with Gasteiger partial charge in [0, 0.05) is 78.6 Å². The van der Waals surface area contributed by atoms with E-state index in [0.29, 0.717) is 134 Å². The third-order valence-electron chi connectivity index (χ3n) is 28.4. The number of alkyl halides is 3. The molecule has 0 saturated carbocycles. The molecule has 0 amide bonds. The summed E-state index contributed by atoms with van der Waals surface area (Å²) in [6.07, 6.45) is -1.59. The summed E-state index contributed by atoms with van der Waals surface area (Å²) in [5.41, 5.74) is 7.62. The van der Waals surface area contributed by atoms with Gasteiger partial charge < -0.3 is 85.4 Å². The van der Waals surface area contributed by atoms with Gasteiger partial charge in [0.1, 0.15) is 30.5 Å². The number of hydrogen-bond acceptors (Lipinski definition) is 22. The van der Waals surface area contributed by atoms with E-state index < -0.39 is 114 Å². The van der Waals surface area contributed by atoms with Crippen molar-refractivity contribution >= 4 is 253 Å². The number of carbonyl (C=O) groups is 2. The minimum atomic E-state index is -5.08. The maximum Gasteiger partial charge on any atom is 0.490 e. The van der Waals surface area contributed by atoms with Crippen molar-refractivity contribution in [1.82, 2.24) is 0 Å². The number of carboxylic acids is 1. The second-order valence-electron chi connectivity index (χ2n) is 41.5. The van der Waals surface area contributed by atoms with Gasteiger partial charge in [-0.15, -0.1) is 0 Å². The summed E-state index contributed by atoms with van der Waals surface area (Å²) < 4.78 is 115. The molecular weight excluding hydrogens is 2600 g/mol. The molecule has 8 aliphatic rings. The minimum absolute atomic E-state index is 0.0699. The van der Waals surface area contributed by atoms with E-state index in [9.17, 15) is 43.5 Å². The summed E-state index contributed by atoms with van der Waals surface area (Å²) in [5, 5.41) is 90.2. The molecule has 0 aromatic heterocycles. The number of benzene rings is 6. The van der Waals surface area contributed by atoms with Crippen LogP contribution in [0.1, 0.15) is 273 Å². The van der Waals surface area contributed by atoms with Crippen molar-refractivity contribution in [2.75, 3.05) is 39.6 Å². The van der Waals surface area contributed by atoms with Gasteiger partial charge in [-0.25, -0.2) is 4.79 Å². The van der Waals surface area contributed by atoms with E-state index in [-0.39, 0.29) is 98.4 Å². The Kier molecular flexibility index (Phi) is 57.2.